The minimum atomic E-state index is 0.529. The van der Waals surface area contributed by atoms with Gasteiger partial charge in [0.15, 0.2) is 52.4 Å². The number of benzene rings is 19. The van der Waals surface area contributed by atoms with Crippen molar-refractivity contribution >= 4 is 154 Å². The number of aromatic nitrogens is 9. The molecule has 19 aromatic carbocycles. The summed E-state index contributed by atoms with van der Waals surface area (Å²) in [6.07, 6.45) is 0. The summed E-state index contributed by atoms with van der Waals surface area (Å²) in [4.78, 5) is 45.4. The molecule has 0 unspecified atom stereocenters. The van der Waals surface area contributed by atoms with Gasteiger partial charge in [0.05, 0.1) is 5.56 Å². The second-order valence-corrected chi connectivity index (χ2v) is 34.4. The largest absolute Gasteiger partial charge is 0.456 e. The molecule has 0 amide bonds. The maximum absolute atomic E-state index is 6.39. The number of rotatable bonds is 12. The summed E-state index contributed by atoms with van der Waals surface area (Å²) in [7, 11) is 0. The van der Waals surface area contributed by atoms with Crippen LogP contribution in [-0.2, 0) is 0 Å². The first-order valence-corrected chi connectivity index (χ1v) is 45.9. The first-order valence-electron chi connectivity index (χ1n) is 45.9. The van der Waals surface area contributed by atoms with Crippen LogP contribution in [0.3, 0.4) is 0 Å². The number of nitrogens with zero attached hydrogens (tertiary/aromatic N) is 9. The lowest BCUT2D eigenvalue weighted by molar-refractivity contribution is 0.668. The molecule has 0 aliphatic carbocycles. The second-order valence-electron chi connectivity index (χ2n) is 34.4. The Kier molecular flexibility index (Phi) is 18.8. The molecule has 0 aliphatic heterocycles. The van der Waals surface area contributed by atoms with Crippen molar-refractivity contribution < 1.29 is 30.9 Å². The Balaban J connectivity index is 0.000000105. The van der Waals surface area contributed by atoms with E-state index in [1.807, 2.05) is 261 Å². The number of furan rings is 7. The van der Waals surface area contributed by atoms with E-state index in [1.54, 1.807) is 0 Å². The third-order valence-corrected chi connectivity index (χ3v) is 26.0. The molecule has 0 spiro atoms. The molecule has 0 fully saturated rings. The Labute approximate surface area is 790 Å². The standard InChI is InChI=1S/C45H27N3O2.C39H21N3O3.C39H23N3O2/c1-2-12-28(13-3-1)43-46-44(31-16-8-14-29(26-31)33-20-10-24-39-41(33)35-18-4-6-22-37(35)49-39)48-45(47-43)32-17-9-15-30(27-32)34-21-11-25-40-42(34)36-19-5-7-23-38(36)50-40;1-4-13-31-24(8-1)27-18-16-23(21-35(27)44-31)38-40-37(22-17-19-34-30(20-22)26-10-3-5-14-32(26)43-34)41-39(42-38)29-12-7-11-28-25-9-2-6-15-33(25)45-36(28)29;1-2-11-24(12-3-1)37-40-38(42-39(41-37)30-18-10-22-34-36(30)29-16-5-7-20-32(29)44-34)26-14-8-13-25(23-26)27-17-9-21-33-35(27)28-15-4-6-19-31(28)43-33/h1-27H;1-21H;1-23H. The molecule has 0 aliphatic rings. The smallest absolute Gasteiger partial charge is 0.167 e. The molecule has 10 heterocycles. The van der Waals surface area contributed by atoms with Crippen LogP contribution in [0, 0.1) is 0 Å². The van der Waals surface area contributed by atoms with E-state index in [9.17, 15) is 0 Å². The van der Waals surface area contributed by atoms with Gasteiger partial charge in [0.1, 0.15) is 78.2 Å². The highest BCUT2D eigenvalue weighted by molar-refractivity contribution is 6.17. The zero-order valence-corrected chi connectivity index (χ0v) is 73.9. The zero-order chi connectivity index (χ0) is 91.5. The molecule has 16 heteroatoms. The Morgan fingerprint density at radius 3 is 0.777 bits per heavy atom. The summed E-state index contributed by atoms with van der Waals surface area (Å²) >= 11 is 0. The van der Waals surface area contributed by atoms with Crippen molar-refractivity contribution in [1.29, 1.82) is 0 Å². The van der Waals surface area contributed by atoms with E-state index < -0.39 is 0 Å². The highest BCUT2D eigenvalue weighted by atomic mass is 16.4. The topological polar surface area (TPSA) is 208 Å². The van der Waals surface area contributed by atoms with Crippen molar-refractivity contribution in [2.45, 2.75) is 0 Å². The van der Waals surface area contributed by atoms with Gasteiger partial charge in [-0.1, -0.05) is 309 Å². The number of para-hydroxylation sites is 8. The van der Waals surface area contributed by atoms with Crippen LogP contribution >= 0.6 is 0 Å². The van der Waals surface area contributed by atoms with Gasteiger partial charge in [0.25, 0.3) is 0 Å². The number of fused-ring (bicyclic) bond motifs is 21. The second kappa shape index (κ2) is 32.9. The maximum atomic E-state index is 6.39. The van der Waals surface area contributed by atoms with Gasteiger partial charge in [-0.2, -0.15) is 0 Å². The van der Waals surface area contributed by atoms with E-state index in [-0.39, 0.29) is 0 Å². The van der Waals surface area contributed by atoms with E-state index >= 15 is 0 Å². The number of hydrogen-bond acceptors (Lipinski definition) is 16. The third kappa shape index (κ3) is 14.0. The summed E-state index contributed by atoms with van der Waals surface area (Å²) in [5.41, 5.74) is 26.1. The first-order chi connectivity index (χ1) is 68.8. The van der Waals surface area contributed by atoms with Crippen molar-refractivity contribution in [3.8, 4) is 136 Å². The van der Waals surface area contributed by atoms with Gasteiger partial charge in [0, 0.05) is 120 Å². The third-order valence-electron chi connectivity index (χ3n) is 26.0. The molecular formula is C123H71N9O7. The van der Waals surface area contributed by atoms with Crippen LogP contribution in [0.1, 0.15) is 0 Å². The van der Waals surface area contributed by atoms with Crippen LogP contribution in [0.4, 0.5) is 0 Å². The van der Waals surface area contributed by atoms with Gasteiger partial charge in [-0.25, -0.2) is 44.9 Å². The summed E-state index contributed by atoms with van der Waals surface area (Å²) in [6, 6.07) is 145. The van der Waals surface area contributed by atoms with E-state index in [0.717, 1.165) is 237 Å². The highest BCUT2D eigenvalue weighted by Crippen LogP contribution is 2.46. The van der Waals surface area contributed by atoms with Crippen LogP contribution < -0.4 is 0 Å². The molecule has 29 rings (SSSR count). The quantitative estimate of drug-likeness (QED) is 0.111. The normalized spacial score (nSPS) is 11.7. The lowest BCUT2D eigenvalue weighted by Gasteiger charge is -2.11. The predicted octanol–water partition coefficient (Wildman–Crippen LogP) is 32.9. The molecule has 0 atom stereocenters. The molecule has 0 saturated heterocycles. The zero-order valence-electron chi connectivity index (χ0n) is 73.9. The minimum Gasteiger partial charge on any atom is -0.456 e. The summed E-state index contributed by atoms with van der Waals surface area (Å²) in [5.74, 6) is 5.27. The maximum Gasteiger partial charge on any atom is 0.167 e. The van der Waals surface area contributed by atoms with E-state index in [1.165, 1.54) is 0 Å². The summed E-state index contributed by atoms with van der Waals surface area (Å²) in [5, 5.41) is 14.8. The van der Waals surface area contributed by atoms with Gasteiger partial charge in [0.2, 0.25) is 0 Å². The molecule has 10 aromatic heterocycles. The Morgan fingerprint density at radius 1 is 0.115 bits per heavy atom. The van der Waals surface area contributed by atoms with Crippen LogP contribution in [0.15, 0.2) is 462 Å². The fourth-order valence-corrected chi connectivity index (χ4v) is 19.6. The highest BCUT2D eigenvalue weighted by Gasteiger charge is 2.26. The monoisotopic (exact) mass is 1790 g/mol. The van der Waals surface area contributed by atoms with Gasteiger partial charge < -0.3 is 30.9 Å². The fraction of sp³-hybridized carbons (Fsp3) is 0. The van der Waals surface area contributed by atoms with Crippen LogP contribution in [0.2, 0.25) is 0 Å². The van der Waals surface area contributed by atoms with Gasteiger partial charge in [-0.3, -0.25) is 0 Å². The van der Waals surface area contributed by atoms with E-state index in [0.29, 0.717) is 52.4 Å². The van der Waals surface area contributed by atoms with Gasteiger partial charge in [-0.15, -0.1) is 0 Å². The lowest BCUT2D eigenvalue weighted by Crippen LogP contribution is -2.00. The SMILES string of the molecule is c1ccc(-c2nc(-c3cccc(-c4cccc5oc6ccccc6c45)c3)nc(-c3cccc(-c4cccc5oc6ccccc6c45)c3)n2)cc1.c1ccc(-c2nc(-c3cccc(-c4cccc5oc6ccccc6c45)c3)nc(-c3cccc4oc5ccccc5c34)n2)cc1.c1ccc2c(c1)oc1cc(-c3nc(-c4ccc5oc6ccccc6c5c4)nc(-c4cccc5c4oc4ccccc45)n3)ccc12. The summed E-state index contributed by atoms with van der Waals surface area (Å²) in [6.45, 7) is 0. The van der Waals surface area contributed by atoms with Crippen LogP contribution in [0.25, 0.3) is 289 Å². The summed E-state index contributed by atoms with van der Waals surface area (Å²) < 4.78 is 43.5. The van der Waals surface area contributed by atoms with Crippen molar-refractivity contribution in [2.24, 2.45) is 0 Å². The van der Waals surface area contributed by atoms with Gasteiger partial charge >= 0.3 is 0 Å². The van der Waals surface area contributed by atoms with Gasteiger partial charge in [-0.05, 0) is 155 Å². The lowest BCUT2D eigenvalue weighted by atomic mass is 9.97. The minimum absolute atomic E-state index is 0.529. The molecular weight excluding hydrogens is 1720 g/mol. The Bertz CT molecular complexity index is 9810. The van der Waals surface area contributed by atoms with Crippen molar-refractivity contribution in [3.05, 3.63) is 431 Å². The molecule has 650 valence electrons. The Hall–Kier alpha value is -19.2. The van der Waals surface area contributed by atoms with Crippen LogP contribution in [-0.4, -0.2) is 44.9 Å². The first kappa shape index (κ1) is 79.5. The number of hydrogen-bond donors (Lipinski definition) is 0. The van der Waals surface area contributed by atoms with Crippen molar-refractivity contribution in [1.82, 2.24) is 44.9 Å². The molecule has 0 bridgehead atoms. The molecule has 16 nitrogen and oxygen atoms in total. The predicted molar refractivity (Wildman–Crippen MR) is 556 cm³/mol. The Morgan fingerprint density at radius 2 is 0.353 bits per heavy atom. The van der Waals surface area contributed by atoms with Crippen molar-refractivity contribution in [3.63, 3.8) is 0 Å². The average molecular weight is 1790 g/mol. The average Bonchev–Trinajstić information content (AvgIpc) is 1.59. The molecule has 0 N–H and O–H groups in total. The van der Waals surface area contributed by atoms with Crippen molar-refractivity contribution in [2.75, 3.05) is 0 Å². The molecule has 0 saturated carbocycles. The molecule has 0 radical (unpaired) electrons. The molecule has 29 aromatic rings. The molecule has 139 heavy (non-hydrogen) atoms. The van der Waals surface area contributed by atoms with E-state index in [2.05, 4.69) is 170 Å². The van der Waals surface area contributed by atoms with Crippen LogP contribution in [0.5, 0.6) is 0 Å². The fourth-order valence-electron chi connectivity index (χ4n) is 19.6. The van der Waals surface area contributed by atoms with E-state index in [4.69, 9.17) is 75.8 Å².